The molecule has 22 heavy (non-hydrogen) atoms. The van der Waals surface area contributed by atoms with Gasteiger partial charge >= 0.3 is 6.18 Å². The highest BCUT2D eigenvalue weighted by Crippen LogP contribution is 2.35. The van der Waals surface area contributed by atoms with Gasteiger partial charge in [0.15, 0.2) is 0 Å². The molecule has 0 aliphatic carbocycles. The largest absolute Gasteiger partial charge is 0.416 e. The maximum Gasteiger partial charge on any atom is 0.416 e. The monoisotopic (exact) mass is 314 g/mol. The summed E-state index contributed by atoms with van der Waals surface area (Å²) in [6.07, 6.45) is -3.44. The number of piperazine rings is 1. The summed E-state index contributed by atoms with van der Waals surface area (Å²) in [6, 6.07) is 4.87. The van der Waals surface area contributed by atoms with E-state index in [1.807, 2.05) is 27.0 Å². The molecule has 1 aromatic rings. The molecule has 0 N–H and O–H groups in total. The first-order valence-corrected chi connectivity index (χ1v) is 7.92. The highest BCUT2D eigenvalue weighted by atomic mass is 19.4. The standard InChI is InChI=1S/C17H25F3N2/c1-4-13(2)14-5-6-15(16(11-14)17(18,19)20)12-22-9-7-21(3)8-10-22/h5-6,11,13H,4,7-10,12H2,1-3H3. The van der Waals surface area contributed by atoms with E-state index in [4.69, 9.17) is 0 Å². The molecule has 0 bridgehead atoms. The minimum atomic E-state index is -4.29. The number of hydrogen-bond acceptors (Lipinski definition) is 2. The van der Waals surface area contributed by atoms with Gasteiger partial charge in [-0.2, -0.15) is 13.2 Å². The molecule has 1 aliphatic heterocycles. The van der Waals surface area contributed by atoms with Crippen molar-refractivity contribution in [3.8, 4) is 0 Å². The maximum atomic E-state index is 13.4. The van der Waals surface area contributed by atoms with E-state index in [1.54, 1.807) is 6.07 Å². The molecular weight excluding hydrogens is 289 g/mol. The molecule has 1 aliphatic rings. The van der Waals surface area contributed by atoms with Crippen molar-refractivity contribution in [2.24, 2.45) is 0 Å². The zero-order valence-corrected chi connectivity index (χ0v) is 13.6. The molecule has 1 atom stereocenters. The molecule has 0 radical (unpaired) electrons. The van der Waals surface area contributed by atoms with E-state index in [9.17, 15) is 13.2 Å². The van der Waals surface area contributed by atoms with Crippen LogP contribution >= 0.6 is 0 Å². The molecule has 1 aromatic carbocycles. The Labute approximate surface area is 130 Å². The Hall–Kier alpha value is -1.07. The number of rotatable bonds is 4. The SMILES string of the molecule is CCC(C)c1ccc(CN2CCN(C)CC2)c(C(F)(F)F)c1. The van der Waals surface area contributed by atoms with Gasteiger partial charge in [0, 0.05) is 32.7 Å². The van der Waals surface area contributed by atoms with Crippen molar-refractivity contribution in [1.29, 1.82) is 0 Å². The van der Waals surface area contributed by atoms with Gasteiger partial charge < -0.3 is 4.90 Å². The van der Waals surface area contributed by atoms with E-state index in [0.29, 0.717) is 12.1 Å². The van der Waals surface area contributed by atoms with Gasteiger partial charge in [0.2, 0.25) is 0 Å². The van der Waals surface area contributed by atoms with Crippen LogP contribution in [-0.2, 0) is 12.7 Å². The first-order chi connectivity index (χ1) is 10.3. The molecule has 2 nitrogen and oxygen atoms in total. The summed E-state index contributed by atoms with van der Waals surface area (Å²) in [7, 11) is 2.04. The summed E-state index contributed by atoms with van der Waals surface area (Å²) in [5.74, 6) is 0.152. The van der Waals surface area contributed by atoms with Crippen molar-refractivity contribution >= 4 is 0 Å². The number of benzene rings is 1. The van der Waals surface area contributed by atoms with Crippen LogP contribution in [0.5, 0.6) is 0 Å². The summed E-state index contributed by atoms with van der Waals surface area (Å²) in [6.45, 7) is 7.80. The Balaban J connectivity index is 2.22. The average molecular weight is 314 g/mol. The third kappa shape index (κ3) is 4.23. The Morgan fingerprint density at radius 3 is 2.32 bits per heavy atom. The topological polar surface area (TPSA) is 6.48 Å². The lowest BCUT2D eigenvalue weighted by molar-refractivity contribution is -0.138. The van der Waals surface area contributed by atoms with E-state index in [1.165, 1.54) is 6.07 Å². The van der Waals surface area contributed by atoms with Gasteiger partial charge in [0.05, 0.1) is 5.56 Å². The number of nitrogens with zero attached hydrogens (tertiary/aromatic N) is 2. The van der Waals surface area contributed by atoms with Gasteiger partial charge in [-0.05, 0) is 36.6 Å². The molecule has 5 heteroatoms. The molecule has 0 amide bonds. The summed E-state index contributed by atoms with van der Waals surface area (Å²) in [5.41, 5.74) is 0.699. The van der Waals surface area contributed by atoms with Crippen molar-refractivity contribution in [1.82, 2.24) is 9.80 Å². The third-order valence-corrected chi connectivity index (χ3v) is 4.61. The van der Waals surface area contributed by atoms with Crippen LogP contribution in [-0.4, -0.2) is 43.0 Å². The van der Waals surface area contributed by atoms with Crippen LogP contribution in [0.4, 0.5) is 13.2 Å². The Morgan fingerprint density at radius 1 is 1.14 bits per heavy atom. The predicted octanol–water partition coefficient (Wildman–Crippen LogP) is 3.97. The van der Waals surface area contributed by atoms with Gasteiger partial charge in [0.1, 0.15) is 0 Å². The maximum absolute atomic E-state index is 13.4. The Morgan fingerprint density at radius 2 is 1.77 bits per heavy atom. The van der Waals surface area contributed by atoms with Gasteiger partial charge in [0.25, 0.3) is 0 Å². The summed E-state index contributed by atoms with van der Waals surface area (Å²) < 4.78 is 40.2. The van der Waals surface area contributed by atoms with Crippen LogP contribution in [0.1, 0.15) is 42.9 Å². The Bertz CT molecular complexity index is 491. The average Bonchev–Trinajstić information content (AvgIpc) is 2.48. The molecule has 1 unspecified atom stereocenters. The number of alkyl halides is 3. The third-order valence-electron chi connectivity index (χ3n) is 4.61. The second-order valence-electron chi connectivity index (χ2n) is 6.30. The summed E-state index contributed by atoms with van der Waals surface area (Å²) >= 11 is 0. The highest BCUT2D eigenvalue weighted by molar-refractivity contribution is 5.35. The van der Waals surface area contributed by atoms with Crippen molar-refractivity contribution in [2.75, 3.05) is 33.2 Å². The van der Waals surface area contributed by atoms with Crippen molar-refractivity contribution in [3.05, 3.63) is 34.9 Å². The molecule has 1 fully saturated rings. The van der Waals surface area contributed by atoms with Crippen LogP contribution in [0, 0.1) is 0 Å². The molecule has 1 heterocycles. The van der Waals surface area contributed by atoms with Gasteiger partial charge in [-0.1, -0.05) is 26.0 Å². The fourth-order valence-corrected chi connectivity index (χ4v) is 2.78. The summed E-state index contributed by atoms with van der Waals surface area (Å²) in [5, 5.41) is 0. The highest BCUT2D eigenvalue weighted by Gasteiger charge is 2.34. The molecule has 124 valence electrons. The Kier molecular flexibility index (Phi) is 5.50. The minimum absolute atomic E-state index is 0.152. The van der Waals surface area contributed by atoms with Crippen molar-refractivity contribution in [2.45, 2.75) is 38.9 Å². The molecule has 0 aromatic heterocycles. The van der Waals surface area contributed by atoms with Crippen LogP contribution < -0.4 is 0 Å². The number of halogens is 3. The molecule has 2 rings (SSSR count). The number of likely N-dealkylation sites (N-methyl/N-ethyl adjacent to an activating group) is 1. The predicted molar refractivity (Wildman–Crippen MR) is 82.9 cm³/mol. The second kappa shape index (κ2) is 7.01. The first kappa shape index (κ1) is 17.3. The fourth-order valence-electron chi connectivity index (χ4n) is 2.78. The fraction of sp³-hybridized carbons (Fsp3) is 0.647. The van der Waals surface area contributed by atoms with Gasteiger partial charge in [-0.3, -0.25) is 4.90 Å². The zero-order valence-electron chi connectivity index (χ0n) is 13.6. The first-order valence-electron chi connectivity index (χ1n) is 7.92. The lowest BCUT2D eigenvalue weighted by atomic mass is 9.94. The lowest BCUT2D eigenvalue weighted by Gasteiger charge is -2.33. The normalized spacial score (nSPS) is 19.4. The molecular formula is C17H25F3N2. The lowest BCUT2D eigenvalue weighted by Crippen LogP contribution is -2.44. The van der Waals surface area contributed by atoms with E-state index >= 15 is 0 Å². The quantitative estimate of drug-likeness (QED) is 0.830. The molecule has 0 spiro atoms. The van der Waals surface area contributed by atoms with Crippen LogP contribution in [0.3, 0.4) is 0 Å². The minimum Gasteiger partial charge on any atom is -0.304 e. The van der Waals surface area contributed by atoms with E-state index < -0.39 is 11.7 Å². The van der Waals surface area contributed by atoms with E-state index in [2.05, 4.69) is 9.80 Å². The van der Waals surface area contributed by atoms with Crippen molar-refractivity contribution in [3.63, 3.8) is 0 Å². The van der Waals surface area contributed by atoms with Crippen LogP contribution in [0.15, 0.2) is 18.2 Å². The number of hydrogen-bond donors (Lipinski definition) is 0. The van der Waals surface area contributed by atoms with E-state index in [0.717, 1.165) is 38.2 Å². The smallest absolute Gasteiger partial charge is 0.304 e. The molecule has 0 saturated carbocycles. The molecule has 1 saturated heterocycles. The second-order valence-corrected chi connectivity index (χ2v) is 6.30. The van der Waals surface area contributed by atoms with Gasteiger partial charge in [-0.15, -0.1) is 0 Å². The van der Waals surface area contributed by atoms with Crippen molar-refractivity contribution < 1.29 is 13.2 Å². The van der Waals surface area contributed by atoms with E-state index in [-0.39, 0.29) is 5.92 Å². The van der Waals surface area contributed by atoms with Crippen LogP contribution in [0.25, 0.3) is 0 Å². The van der Waals surface area contributed by atoms with Crippen LogP contribution in [0.2, 0.25) is 0 Å². The zero-order chi connectivity index (χ0) is 16.3. The van der Waals surface area contributed by atoms with Gasteiger partial charge in [-0.25, -0.2) is 0 Å². The summed E-state index contributed by atoms with van der Waals surface area (Å²) in [4.78, 5) is 4.31.